The molecule has 4 rings (SSSR count). The number of hydrogen-bond acceptors (Lipinski definition) is 4. The summed E-state index contributed by atoms with van der Waals surface area (Å²) in [6.07, 6.45) is 6.39. The van der Waals surface area contributed by atoms with E-state index in [1.54, 1.807) is 11.3 Å². The van der Waals surface area contributed by atoms with Crippen LogP contribution < -0.4 is 0 Å². The molecule has 2 aromatic heterocycles. The molecule has 1 aromatic carbocycles. The smallest absolute Gasteiger partial charge is 0.187 e. The molecule has 108 valence electrons. The maximum absolute atomic E-state index is 4.76. The molecular weight excluding hydrogens is 280 g/mol. The third-order valence-electron chi connectivity index (χ3n) is 4.28. The first-order valence-corrected chi connectivity index (χ1v) is 8.42. The van der Waals surface area contributed by atoms with Crippen LogP contribution in [0.15, 0.2) is 24.3 Å². The molecule has 0 amide bonds. The van der Waals surface area contributed by atoms with Gasteiger partial charge in [-0.05, 0) is 19.8 Å². The van der Waals surface area contributed by atoms with E-state index < -0.39 is 0 Å². The Bertz CT molecular complexity index is 750. The second kappa shape index (κ2) is 5.22. The lowest BCUT2D eigenvalue weighted by atomic mass is 9.89. The van der Waals surface area contributed by atoms with Crippen molar-refractivity contribution >= 4 is 16.3 Å². The summed E-state index contributed by atoms with van der Waals surface area (Å²) in [5, 5.41) is 14.5. The van der Waals surface area contributed by atoms with E-state index in [0.717, 1.165) is 21.4 Å². The highest BCUT2D eigenvalue weighted by atomic mass is 32.1. The molecule has 2 heterocycles. The molecule has 0 unspecified atom stereocenters. The first-order chi connectivity index (χ1) is 10.3. The van der Waals surface area contributed by atoms with Crippen LogP contribution in [0, 0.1) is 6.92 Å². The number of rotatable bonds is 2. The van der Waals surface area contributed by atoms with Crippen molar-refractivity contribution in [1.29, 1.82) is 0 Å². The number of fused-ring (bicyclic) bond motifs is 1. The van der Waals surface area contributed by atoms with Crippen molar-refractivity contribution in [2.24, 2.45) is 0 Å². The standard InChI is InChI=1S/C16H18N4S/c1-11-7-9-13(10-8-11)15-19-20-14(17-18-16(20)21-15)12-5-3-2-4-6-12/h7-10,12H,2-6H2,1H3. The van der Waals surface area contributed by atoms with Crippen molar-refractivity contribution in [3.05, 3.63) is 35.7 Å². The van der Waals surface area contributed by atoms with Gasteiger partial charge in [-0.1, -0.05) is 60.4 Å². The molecule has 21 heavy (non-hydrogen) atoms. The first kappa shape index (κ1) is 13.0. The van der Waals surface area contributed by atoms with Gasteiger partial charge in [0, 0.05) is 11.5 Å². The van der Waals surface area contributed by atoms with Crippen LogP contribution in [0.25, 0.3) is 15.5 Å². The van der Waals surface area contributed by atoms with E-state index in [9.17, 15) is 0 Å². The van der Waals surface area contributed by atoms with Crippen molar-refractivity contribution in [1.82, 2.24) is 19.8 Å². The summed E-state index contributed by atoms with van der Waals surface area (Å²) in [6.45, 7) is 2.10. The lowest BCUT2D eigenvalue weighted by Crippen LogP contribution is -2.09. The van der Waals surface area contributed by atoms with Crippen LogP contribution in [0.4, 0.5) is 0 Å². The minimum Gasteiger partial charge on any atom is -0.187 e. The third-order valence-corrected chi connectivity index (χ3v) is 5.23. The molecule has 4 nitrogen and oxygen atoms in total. The van der Waals surface area contributed by atoms with E-state index in [4.69, 9.17) is 5.10 Å². The van der Waals surface area contributed by atoms with Crippen molar-refractivity contribution < 1.29 is 0 Å². The molecule has 0 N–H and O–H groups in total. The molecule has 0 atom stereocenters. The van der Waals surface area contributed by atoms with Crippen LogP contribution in [-0.2, 0) is 0 Å². The second-order valence-electron chi connectivity index (χ2n) is 5.86. The fourth-order valence-corrected chi connectivity index (χ4v) is 3.91. The van der Waals surface area contributed by atoms with E-state index in [0.29, 0.717) is 5.92 Å². The predicted molar refractivity (Wildman–Crippen MR) is 84.7 cm³/mol. The van der Waals surface area contributed by atoms with Gasteiger partial charge in [-0.3, -0.25) is 0 Å². The Morgan fingerprint density at radius 1 is 1.05 bits per heavy atom. The van der Waals surface area contributed by atoms with Gasteiger partial charge in [0.15, 0.2) is 5.82 Å². The Hall–Kier alpha value is -1.75. The number of hydrogen-bond donors (Lipinski definition) is 0. The Balaban J connectivity index is 1.73. The number of benzene rings is 1. The summed E-state index contributed by atoms with van der Waals surface area (Å²) in [4.78, 5) is 0.908. The summed E-state index contributed by atoms with van der Waals surface area (Å²) >= 11 is 1.62. The molecule has 0 saturated heterocycles. The molecule has 1 saturated carbocycles. The minimum absolute atomic E-state index is 0.529. The largest absolute Gasteiger partial charge is 0.234 e. The molecule has 0 aliphatic heterocycles. The molecule has 3 aromatic rings. The minimum atomic E-state index is 0.529. The van der Waals surface area contributed by atoms with Gasteiger partial charge >= 0.3 is 0 Å². The van der Waals surface area contributed by atoms with Crippen LogP contribution >= 0.6 is 11.3 Å². The van der Waals surface area contributed by atoms with E-state index in [1.165, 1.54) is 37.7 Å². The highest BCUT2D eigenvalue weighted by Crippen LogP contribution is 2.33. The lowest BCUT2D eigenvalue weighted by Gasteiger charge is -2.18. The van der Waals surface area contributed by atoms with Crippen LogP contribution in [0.5, 0.6) is 0 Å². The van der Waals surface area contributed by atoms with E-state index in [1.807, 2.05) is 4.52 Å². The van der Waals surface area contributed by atoms with Crippen LogP contribution in [0.1, 0.15) is 49.4 Å². The van der Waals surface area contributed by atoms with Crippen molar-refractivity contribution in [2.45, 2.75) is 44.9 Å². The number of aromatic nitrogens is 4. The summed E-state index contributed by atoms with van der Waals surface area (Å²) in [7, 11) is 0. The molecule has 1 fully saturated rings. The maximum atomic E-state index is 4.76. The van der Waals surface area contributed by atoms with Crippen LogP contribution in [0.2, 0.25) is 0 Å². The topological polar surface area (TPSA) is 43.1 Å². The molecule has 5 heteroatoms. The molecule has 1 aliphatic rings. The second-order valence-corrected chi connectivity index (χ2v) is 6.82. The van der Waals surface area contributed by atoms with E-state index >= 15 is 0 Å². The Labute approximate surface area is 127 Å². The SMILES string of the molecule is Cc1ccc(-c2nn3c(C4CCCCC4)nnc3s2)cc1. The lowest BCUT2D eigenvalue weighted by molar-refractivity contribution is 0.423. The zero-order valence-electron chi connectivity index (χ0n) is 12.1. The average Bonchev–Trinajstić information content (AvgIpc) is 3.09. The number of aryl methyl sites for hydroxylation is 1. The monoisotopic (exact) mass is 298 g/mol. The average molecular weight is 298 g/mol. The highest BCUT2D eigenvalue weighted by Gasteiger charge is 2.23. The van der Waals surface area contributed by atoms with Crippen molar-refractivity contribution in [2.75, 3.05) is 0 Å². The zero-order chi connectivity index (χ0) is 14.2. The van der Waals surface area contributed by atoms with Crippen molar-refractivity contribution in [3.63, 3.8) is 0 Å². The Morgan fingerprint density at radius 2 is 1.81 bits per heavy atom. The predicted octanol–water partition coefficient (Wildman–Crippen LogP) is 4.21. The fraction of sp³-hybridized carbons (Fsp3) is 0.438. The normalized spacial score (nSPS) is 16.6. The van der Waals surface area contributed by atoms with Gasteiger partial charge in [-0.25, -0.2) is 0 Å². The Kier molecular flexibility index (Phi) is 3.22. The number of nitrogens with zero attached hydrogens (tertiary/aromatic N) is 4. The van der Waals surface area contributed by atoms with Gasteiger partial charge in [0.25, 0.3) is 0 Å². The van der Waals surface area contributed by atoms with Crippen LogP contribution in [-0.4, -0.2) is 19.8 Å². The van der Waals surface area contributed by atoms with Gasteiger partial charge in [0.1, 0.15) is 5.01 Å². The van der Waals surface area contributed by atoms with Crippen LogP contribution in [0.3, 0.4) is 0 Å². The van der Waals surface area contributed by atoms with Gasteiger partial charge in [0.05, 0.1) is 0 Å². The van der Waals surface area contributed by atoms with E-state index in [-0.39, 0.29) is 0 Å². The van der Waals surface area contributed by atoms with Crippen molar-refractivity contribution in [3.8, 4) is 10.6 Å². The summed E-state index contributed by atoms with van der Waals surface area (Å²) < 4.78 is 1.97. The molecule has 1 aliphatic carbocycles. The fourth-order valence-electron chi connectivity index (χ4n) is 3.06. The zero-order valence-corrected chi connectivity index (χ0v) is 12.9. The van der Waals surface area contributed by atoms with Gasteiger partial charge in [-0.15, -0.1) is 10.2 Å². The summed E-state index contributed by atoms with van der Waals surface area (Å²) in [5.74, 6) is 1.58. The summed E-state index contributed by atoms with van der Waals surface area (Å²) in [5.41, 5.74) is 2.43. The van der Waals surface area contributed by atoms with E-state index in [2.05, 4.69) is 41.4 Å². The van der Waals surface area contributed by atoms with Gasteiger partial charge in [-0.2, -0.15) is 9.61 Å². The molecule has 0 bridgehead atoms. The van der Waals surface area contributed by atoms with Gasteiger partial charge < -0.3 is 0 Å². The third kappa shape index (κ3) is 2.35. The first-order valence-electron chi connectivity index (χ1n) is 7.60. The molecular formula is C16H18N4S. The molecule has 0 spiro atoms. The van der Waals surface area contributed by atoms with Gasteiger partial charge in [0.2, 0.25) is 4.96 Å². The quantitative estimate of drug-likeness (QED) is 0.712. The molecule has 0 radical (unpaired) electrons. The Morgan fingerprint density at radius 3 is 2.57 bits per heavy atom. The maximum Gasteiger partial charge on any atom is 0.234 e. The summed E-state index contributed by atoms with van der Waals surface area (Å²) in [6, 6.07) is 8.50. The highest BCUT2D eigenvalue weighted by molar-refractivity contribution is 7.19.